The number of carboxylic acid groups (broad SMARTS) is 1. The van der Waals surface area contributed by atoms with E-state index in [1.165, 1.54) is 19.2 Å². The fourth-order valence-corrected chi connectivity index (χ4v) is 1.27. The smallest absolute Gasteiger partial charge is 0.307 e. The van der Waals surface area contributed by atoms with Crippen LogP contribution in [0.1, 0.15) is 5.56 Å². The van der Waals surface area contributed by atoms with Crippen molar-refractivity contribution in [3.63, 3.8) is 0 Å². The van der Waals surface area contributed by atoms with E-state index in [4.69, 9.17) is 21.4 Å². The number of benzene rings is 1. The largest absolute Gasteiger partial charge is 0.506 e. The van der Waals surface area contributed by atoms with E-state index < -0.39 is 5.97 Å². The molecular weight excluding hydrogens is 208 g/mol. The highest BCUT2D eigenvalue weighted by Gasteiger charge is 2.11. The minimum atomic E-state index is -1.04. The average molecular weight is 217 g/mol. The van der Waals surface area contributed by atoms with Gasteiger partial charge in [-0.1, -0.05) is 11.6 Å². The maximum absolute atomic E-state index is 10.4. The number of aromatic hydroxyl groups is 1. The SMILES string of the molecule is COc1cc(Cl)c(O)c(CC(=O)O)c1. The molecule has 5 heteroatoms. The van der Waals surface area contributed by atoms with Crippen LogP contribution in [-0.2, 0) is 11.2 Å². The van der Waals surface area contributed by atoms with Crippen LogP contribution in [0.2, 0.25) is 5.02 Å². The molecule has 1 rings (SSSR count). The Balaban J connectivity index is 3.13. The molecule has 1 aromatic carbocycles. The van der Waals surface area contributed by atoms with Crippen LogP contribution < -0.4 is 4.74 Å². The maximum atomic E-state index is 10.4. The Bertz CT molecular complexity index is 362. The lowest BCUT2D eigenvalue weighted by atomic mass is 10.1. The molecule has 2 N–H and O–H groups in total. The van der Waals surface area contributed by atoms with E-state index in [1.807, 2.05) is 0 Å². The molecule has 0 aliphatic carbocycles. The third-order valence-corrected chi connectivity index (χ3v) is 1.98. The number of halogens is 1. The molecule has 76 valence electrons. The van der Waals surface area contributed by atoms with Crippen LogP contribution in [0.5, 0.6) is 11.5 Å². The zero-order chi connectivity index (χ0) is 10.7. The number of carbonyl (C=O) groups is 1. The van der Waals surface area contributed by atoms with E-state index >= 15 is 0 Å². The third-order valence-electron chi connectivity index (χ3n) is 1.69. The molecule has 1 aromatic rings. The molecule has 0 saturated carbocycles. The number of aliphatic carboxylic acids is 1. The van der Waals surface area contributed by atoms with Crippen molar-refractivity contribution in [2.24, 2.45) is 0 Å². The molecular formula is C9H9ClO4. The molecule has 0 aromatic heterocycles. The minimum Gasteiger partial charge on any atom is -0.506 e. The first-order valence-corrected chi connectivity index (χ1v) is 4.19. The molecule has 0 radical (unpaired) electrons. The highest BCUT2D eigenvalue weighted by Crippen LogP contribution is 2.32. The summed E-state index contributed by atoms with van der Waals surface area (Å²) in [6, 6.07) is 2.86. The highest BCUT2D eigenvalue weighted by molar-refractivity contribution is 6.32. The lowest BCUT2D eigenvalue weighted by molar-refractivity contribution is -0.136. The van der Waals surface area contributed by atoms with E-state index in [2.05, 4.69) is 0 Å². The second-order valence-corrected chi connectivity index (χ2v) is 3.09. The molecule has 0 aliphatic rings. The Morgan fingerprint density at radius 2 is 2.21 bits per heavy atom. The summed E-state index contributed by atoms with van der Waals surface area (Å²) in [6.45, 7) is 0. The van der Waals surface area contributed by atoms with Gasteiger partial charge in [-0.2, -0.15) is 0 Å². The van der Waals surface area contributed by atoms with E-state index in [0.29, 0.717) is 5.75 Å². The number of ether oxygens (including phenoxy) is 1. The zero-order valence-corrected chi connectivity index (χ0v) is 8.21. The monoisotopic (exact) mass is 216 g/mol. The van der Waals surface area contributed by atoms with Gasteiger partial charge >= 0.3 is 5.97 Å². The Morgan fingerprint density at radius 1 is 1.57 bits per heavy atom. The second kappa shape index (κ2) is 4.19. The van der Waals surface area contributed by atoms with Crippen LogP contribution >= 0.6 is 11.6 Å². The van der Waals surface area contributed by atoms with Gasteiger partial charge in [0, 0.05) is 11.6 Å². The van der Waals surface area contributed by atoms with Crippen molar-refractivity contribution in [2.45, 2.75) is 6.42 Å². The van der Waals surface area contributed by atoms with Gasteiger partial charge in [0.15, 0.2) is 0 Å². The molecule has 0 unspecified atom stereocenters. The fourth-order valence-electron chi connectivity index (χ4n) is 1.04. The topological polar surface area (TPSA) is 66.8 Å². The maximum Gasteiger partial charge on any atom is 0.307 e. The number of rotatable bonds is 3. The minimum absolute atomic E-state index is 0.0839. The van der Waals surface area contributed by atoms with Crippen LogP contribution in [-0.4, -0.2) is 23.3 Å². The van der Waals surface area contributed by atoms with Gasteiger partial charge in [0.25, 0.3) is 0 Å². The summed E-state index contributed by atoms with van der Waals surface area (Å²) in [5.41, 5.74) is 0.238. The number of phenols is 1. The van der Waals surface area contributed by atoms with E-state index in [0.717, 1.165) is 0 Å². The predicted octanol–water partition coefficient (Wildman–Crippen LogP) is 1.68. The van der Waals surface area contributed by atoms with Crippen LogP contribution in [0.3, 0.4) is 0 Å². The Labute approximate surface area is 85.7 Å². The highest BCUT2D eigenvalue weighted by atomic mass is 35.5. The number of carboxylic acids is 1. The summed E-state index contributed by atoms with van der Waals surface area (Å²) in [4.78, 5) is 10.4. The normalized spacial score (nSPS) is 9.86. The fraction of sp³-hybridized carbons (Fsp3) is 0.222. The number of methoxy groups -OCH3 is 1. The Kier molecular flexibility index (Phi) is 3.19. The van der Waals surface area contributed by atoms with Crippen molar-refractivity contribution < 1.29 is 19.7 Å². The summed E-state index contributed by atoms with van der Waals surface area (Å²) in [6.07, 6.45) is -0.289. The predicted molar refractivity (Wildman–Crippen MR) is 51.0 cm³/mol. The lowest BCUT2D eigenvalue weighted by Crippen LogP contribution is -2.01. The summed E-state index contributed by atoms with van der Waals surface area (Å²) in [5, 5.41) is 18.1. The summed E-state index contributed by atoms with van der Waals surface area (Å²) in [5.74, 6) is -0.830. The van der Waals surface area contributed by atoms with Crippen molar-refractivity contribution in [1.29, 1.82) is 0 Å². The first kappa shape index (κ1) is 10.7. The molecule has 0 aliphatic heterocycles. The summed E-state index contributed by atoms with van der Waals surface area (Å²) < 4.78 is 4.88. The molecule has 14 heavy (non-hydrogen) atoms. The lowest BCUT2D eigenvalue weighted by Gasteiger charge is -2.07. The quantitative estimate of drug-likeness (QED) is 0.807. The van der Waals surface area contributed by atoms with Gasteiger partial charge in [0.05, 0.1) is 18.6 Å². The molecule has 0 atom stereocenters. The van der Waals surface area contributed by atoms with Gasteiger partial charge in [0.1, 0.15) is 11.5 Å². The van der Waals surface area contributed by atoms with E-state index in [-0.39, 0.29) is 22.8 Å². The number of phenolic OH excluding ortho intramolecular Hbond substituents is 1. The molecule has 0 saturated heterocycles. The first-order valence-electron chi connectivity index (χ1n) is 3.81. The number of hydrogen-bond donors (Lipinski definition) is 2. The van der Waals surface area contributed by atoms with E-state index in [1.54, 1.807) is 0 Å². The van der Waals surface area contributed by atoms with Crippen molar-refractivity contribution in [3.8, 4) is 11.5 Å². The molecule has 0 amide bonds. The van der Waals surface area contributed by atoms with Crippen molar-refractivity contribution in [3.05, 3.63) is 22.7 Å². The molecule has 0 fully saturated rings. The second-order valence-electron chi connectivity index (χ2n) is 2.69. The van der Waals surface area contributed by atoms with Gasteiger partial charge in [-0.05, 0) is 6.07 Å². The number of hydrogen-bond acceptors (Lipinski definition) is 3. The van der Waals surface area contributed by atoms with Crippen molar-refractivity contribution in [1.82, 2.24) is 0 Å². The Hall–Kier alpha value is -1.42. The molecule has 0 bridgehead atoms. The standard InChI is InChI=1S/C9H9ClO4/c1-14-6-2-5(3-8(11)12)9(13)7(10)4-6/h2,4,13H,3H2,1H3,(H,11,12). The van der Waals surface area contributed by atoms with Gasteiger partial charge < -0.3 is 14.9 Å². The molecule has 0 spiro atoms. The van der Waals surface area contributed by atoms with Gasteiger partial charge in [-0.15, -0.1) is 0 Å². The van der Waals surface area contributed by atoms with E-state index in [9.17, 15) is 9.90 Å². The summed E-state index contributed by atoms with van der Waals surface area (Å²) in [7, 11) is 1.44. The first-order chi connectivity index (χ1) is 6.54. The molecule has 4 nitrogen and oxygen atoms in total. The van der Waals surface area contributed by atoms with Crippen molar-refractivity contribution >= 4 is 17.6 Å². The Morgan fingerprint density at radius 3 is 2.71 bits per heavy atom. The van der Waals surface area contributed by atoms with Gasteiger partial charge in [-0.3, -0.25) is 4.79 Å². The third kappa shape index (κ3) is 2.29. The van der Waals surface area contributed by atoms with Crippen LogP contribution in [0, 0.1) is 0 Å². The zero-order valence-electron chi connectivity index (χ0n) is 7.45. The van der Waals surface area contributed by atoms with Crippen LogP contribution in [0.4, 0.5) is 0 Å². The average Bonchev–Trinajstić information content (AvgIpc) is 2.11. The van der Waals surface area contributed by atoms with Crippen LogP contribution in [0.15, 0.2) is 12.1 Å². The van der Waals surface area contributed by atoms with Crippen molar-refractivity contribution in [2.75, 3.05) is 7.11 Å². The van der Waals surface area contributed by atoms with Gasteiger partial charge in [0.2, 0.25) is 0 Å². The van der Waals surface area contributed by atoms with Crippen LogP contribution in [0.25, 0.3) is 0 Å². The molecule has 0 heterocycles. The van der Waals surface area contributed by atoms with Gasteiger partial charge in [-0.25, -0.2) is 0 Å². The summed E-state index contributed by atoms with van der Waals surface area (Å²) >= 11 is 5.66.